The molecule has 1 N–H and O–H groups in total. The van der Waals surface area contributed by atoms with Crippen LogP contribution in [0.2, 0.25) is 43.8 Å². The van der Waals surface area contributed by atoms with Crippen LogP contribution >= 0.6 is 0 Å². The molecular weight excluding hydrogens is 336 g/mol. The first-order valence-electron chi connectivity index (χ1n) is 8.89. The van der Waals surface area contributed by atoms with Gasteiger partial charge in [-0.3, -0.25) is 4.79 Å². The van der Waals surface area contributed by atoms with Crippen LogP contribution in [0.5, 0.6) is 0 Å². The van der Waals surface area contributed by atoms with Gasteiger partial charge in [-0.05, 0) is 30.6 Å². The third-order valence-electron chi connectivity index (χ3n) is 4.38. The van der Waals surface area contributed by atoms with E-state index in [2.05, 4.69) is 53.5 Å². The van der Waals surface area contributed by atoms with Crippen molar-refractivity contribution in [1.29, 1.82) is 0 Å². The highest BCUT2D eigenvalue weighted by Gasteiger charge is 2.39. The average molecular weight is 375 g/mol. The van der Waals surface area contributed by atoms with Crippen LogP contribution in [0.1, 0.15) is 33.6 Å². The zero-order valence-electron chi connectivity index (χ0n) is 16.9. The Morgan fingerprint density at radius 3 is 2.21 bits per heavy atom. The van der Waals surface area contributed by atoms with Crippen molar-refractivity contribution in [3.05, 3.63) is 12.2 Å². The average Bonchev–Trinajstić information content (AvgIpc) is 2.35. The summed E-state index contributed by atoms with van der Waals surface area (Å²) in [4.78, 5) is 12.2. The van der Waals surface area contributed by atoms with Gasteiger partial charge in [-0.1, -0.05) is 52.6 Å². The summed E-state index contributed by atoms with van der Waals surface area (Å²) in [5, 5.41) is 9.03. The van der Waals surface area contributed by atoms with Crippen LogP contribution in [0.3, 0.4) is 0 Å². The van der Waals surface area contributed by atoms with Crippen molar-refractivity contribution in [2.45, 2.75) is 83.5 Å². The highest BCUT2D eigenvalue weighted by atomic mass is 28.4. The molecule has 0 unspecified atom stereocenters. The first-order chi connectivity index (χ1) is 10.8. The van der Waals surface area contributed by atoms with Gasteiger partial charge < -0.3 is 14.3 Å². The van der Waals surface area contributed by atoms with Gasteiger partial charge in [-0.2, -0.15) is 0 Å². The summed E-state index contributed by atoms with van der Waals surface area (Å²) in [6.07, 6.45) is 4.31. The fourth-order valence-corrected chi connectivity index (χ4v) is 3.71. The van der Waals surface area contributed by atoms with E-state index in [-0.39, 0.29) is 30.1 Å². The van der Waals surface area contributed by atoms with Crippen LogP contribution in [0, 0.1) is 0 Å². The van der Waals surface area contributed by atoms with Crippen molar-refractivity contribution in [2.24, 2.45) is 0 Å². The number of ether oxygens (including phenoxy) is 1. The SMILES string of the molecule is CC(C)(C)[Si](C)(C)O[C@H](/C=C/CCO)CC(=O)OCC[Si](C)(C)C. The minimum absolute atomic E-state index is 0.0812. The molecule has 0 heterocycles. The zero-order valence-corrected chi connectivity index (χ0v) is 18.9. The molecule has 142 valence electrons. The summed E-state index contributed by atoms with van der Waals surface area (Å²) in [6.45, 7) is 18.3. The number of aliphatic hydroxyl groups is 1. The lowest BCUT2D eigenvalue weighted by Crippen LogP contribution is -2.44. The van der Waals surface area contributed by atoms with Crippen molar-refractivity contribution in [3.8, 4) is 0 Å². The van der Waals surface area contributed by atoms with Crippen LogP contribution in [0.25, 0.3) is 0 Å². The van der Waals surface area contributed by atoms with Gasteiger partial charge in [-0.15, -0.1) is 0 Å². The van der Waals surface area contributed by atoms with Crippen LogP contribution in [-0.4, -0.2) is 46.8 Å². The van der Waals surface area contributed by atoms with E-state index >= 15 is 0 Å². The Hall–Kier alpha value is -0.436. The number of aliphatic hydroxyl groups excluding tert-OH is 1. The first-order valence-corrected chi connectivity index (χ1v) is 15.5. The Bertz CT molecular complexity index is 406. The molecule has 0 aromatic carbocycles. The van der Waals surface area contributed by atoms with Gasteiger partial charge in [0.25, 0.3) is 0 Å². The molecule has 0 saturated heterocycles. The first kappa shape index (κ1) is 23.6. The molecular formula is C18H38O4Si2. The number of hydrogen-bond acceptors (Lipinski definition) is 4. The van der Waals surface area contributed by atoms with E-state index in [1.165, 1.54) is 0 Å². The summed E-state index contributed by atoms with van der Waals surface area (Å²) in [7, 11) is -3.17. The third kappa shape index (κ3) is 10.4. The molecule has 0 aliphatic rings. The van der Waals surface area contributed by atoms with Crippen LogP contribution in [0.4, 0.5) is 0 Å². The molecule has 6 heteroatoms. The van der Waals surface area contributed by atoms with Crippen molar-refractivity contribution >= 4 is 22.4 Å². The molecule has 0 saturated carbocycles. The maximum absolute atomic E-state index is 12.2. The predicted octanol–water partition coefficient (Wildman–Crippen LogP) is 4.59. The van der Waals surface area contributed by atoms with E-state index in [0.717, 1.165) is 6.04 Å². The number of rotatable bonds is 10. The monoisotopic (exact) mass is 374 g/mol. The number of hydrogen-bond donors (Lipinski definition) is 1. The van der Waals surface area contributed by atoms with Gasteiger partial charge in [-0.25, -0.2) is 0 Å². The molecule has 0 aromatic rings. The normalized spacial score (nSPS) is 14.9. The molecule has 1 atom stereocenters. The van der Waals surface area contributed by atoms with E-state index in [0.29, 0.717) is 13.0 Å². The summed E-state index contributed by atoms with van der Waals surface area (Å²) in [5.74, 6) is -0.203. The van der Waals surface area contributed by atoms with Crippen LogP contribution in [-0.2, 0) is 14.0 Å². The molecule has 0 aromatic heterocycles. The van der Waals surface area contributed by atoms with Crippen LogP contribution < -0.4 is 0 Å². The van der Waals surface area contributed by atoms with Crippen molar-refractivity contribution in [2.75, 3.05) is 13.2 Å². The Morgan fingerprint density at radius 2 is 1.75 bits per heavy atom. The summed E-state index contributed by atoms with van der Waals surface area (Å²) in [6, 6.07) is 0.979. The van der Waals surface area contributed by atoms with Crippen molar-refractivity contribution in [3.63, 3.8) is 0 Å². The summed E-state index contributed by atoms with van der Waals surface area (Å²) >= 11 is 0. The van der Waals surface area contributed by atoms with E-state index < -0.39 is 16.4 Å². The highest BCUT2D eigenvalue weighted by molar-refractivity contribution is 6.76. The standard InChI is InChI=1S/C18H38O4Si2/c1-18(2,3)24(7,8)22-16(11-9-10-12-19)15-17(20)21-13-14-23(4,5)6/h9,11,16,19H,10,12-15H2,1-8H3/b11-9+/t16-/m1/s1. The molecule has 0 aliphatic heterocycles. The van der Waals surface area contributed by atoms with Crippen LogP contribution in [0.15, 0.2) is 12.2 Å². The van der Waals surface area contributed by atoms with Gasteiger partial charge >= 0.3 is 5.97 Å². The van der Waals surface area contributed by atoms with E-state index in [4.69, 9.17) is 14.3 Å². The lowest BCUT2D eigenvalue weighted by molar-refractivity contribution is -0.144. The predicted molar refractivity (Wildman–Crippen MR) is 107 cm³/mol. The van der Waals surface area contributed by atoms with E-state index in [1.807, 2.05) is 12.2 Å². The van der Waals surface area contributed by atoms with Gasteiger partial charge in [0.1, 0.15) is 0 Å². The second kappa shape index (κ2) is 9.89. The second-order valence-electron chi connectivity index (χ2n) is 9.09. The quantitative estimate of drug-likeness (QED) is 0.345. The summed E-state index contributed by atoms with van der Waals surface area (Å²) in [5.41, 5.74) is 0. The van der Waals surface area contributed by atoms with Gasteiger partial charge in [0.05, 0.1) is 19.1 Å². The minimum atomic E-state index is -1.97. The van der Waals surface area contributed by atoms with Gasteiger partial charge in [0.2, 0.25) is 0 Å². The number of carbonyl (C=O) groups excluding carboxylic acids is 1. The molecule has 0 amide bonds. The van der Waals surface area contributed by atoms with Crippen molar-refractivity contribution in [1.82, 2.24) is 0 Å². The molecule has 0 aliphatic carbocycles. The molecule has 24 heavy (non-hydrogen) atoms. The maximum Gasteiger partial charge on any atom is 0.308 e. The zero-order chi connectivity index (χ0) is 19.0. The molecule has 0 radical (unpaired) electrons. The summed E-state index contributed by atoms with van der Waals surface area (Å²) < 4.78 is 11.7. The van der Waals surface area contributed by atoms with Gasteiger partial charge in [0.15, 0.2) is 8.32 Å². The number of carbonyl (C=O) groups is 1. The number of esters is 1. The Morgan fingerprint density at radius 1 is 1.17 bits per heavy atom. The van der Waals surface area contributed by atoms with E-state index in [1.54, 1.807) is 0 Å². The van der Waals surface area contributed by atoms with Gasteiger partial charge in [0, 0.05) is 14.7 Å². The smallest absolute Gasteiger partial charge is 0.308 e. The Balaban J connectivity index is 4.75. The Kier molecular flexibility index (Phi) is 9.71. The second-order valence-corrected chi connectivity index (χ2v) is 19.5. The fraction of sp³-hybridized carbons (Fsp3) is 0.833. The topological polar surface area (TPSA) is 55.8 Å². The van der Waals surface area contributed by atoms with E-state index in [9.17, 15) is 4.79 Å². The lowest BCUT2D eigenvalue weighted by Gasteiger charge is -2.38. The minimum Gasteiger partial charge on any atom is -0.466 e. The van der Waals surface area contributed by atoms with Crippen molar-refractivity contribution < 1.29 is 19.1 Å². The molecule has 0 bridgehead atoms. The Labute approximate surface area is 150 Å². The third-order valence-corrected chi connectivity index (χ3v) is 10.6. The highest BCUT2D eigenvalue weighted by Crippen LogP contribution is 2.37. The molecule has 0 fully saturated rings. The lowest BCUT2D eigenvalue weighted by atomic mass is 10.2. The maximum atomic E-state index is 12.2. The fourth-order valence-electron chi connectivity index (χ4n) is 1.72. The molecule has 0 spiro atoms. The largest absolute Gasteiger partial charge is 0.466 e. The molecule has 4 nitrogen and oxygen atoms in total. The molecule has 0 rings (SSSR count).